The zero-order chi connectivity index (χ0) is 18.4. The van der Waals surface area contributed by atoms with Crippen LogP contribution in [-0.2, 0) is 24.2 Å². The first-order valence-electron chi connectivity index (χ1n) is 7.34. The predicted octanol–water partition coefficient (Wildman–Crippen LogP) is 2.13. The molecule has 0 aliphatic heterocycles. The van der Waals surface area contributed by atoms with Gasteiger partial charge in [-0.05, 0) is 43.3 Å². The zero-order valence-electron chi connectivity index (χ0n) is 13.3. The van der Waals surface area contributed by atoms with Gasteiger partial charge in [0.1, 0.15) is 11.0 Å². The Bertz CT molecular complexity index is 830. The molecule has 1 N–H and O–H groups in total. The lowest BCUT2D eigenvalue weighted by Crippen LogP contribution is -2.37. The third-order valence-corrected chi connectivity index (χ3v) is 5.62. The van der Waals surface area contributed by atoms with E-state index < -0.39 is 27.0 Å². The van der Waals surface area contributed by atoms with Gasteiger partial charge in [0.15, 0.2) is 9.84 Å². The van der Waals surface area contributed by atoms with Gasteiger partial charge < -0.3 is 14.5 Å². The number of benzene rings is 1. The van der Waals surface area contributed by atoms with Gasteiger partial charge in [-0.1, -0.05) is 11.6 Å². The second-order valence-electron chi connectivity index (χ2n) is 4.93. The Hall–Kier alpha value is -2.32. The Kier molecular flexibility index (Phi) is 6.22. The van der Waals surface area contributed by atoms with Gasteiger partial charge in [-0.2, -0.15) is 0 Å². The lowest BCUT2D eigenvalue weighted by atomic mass is 10.3. The number of furan rings is 1. The number of hydrogen-bond acceptors (Lipinski definition) is 6. The largest absolute Gasteiger partial charge is 0.468 e. The summed E-state index contributed by atoms with van der Waals surface area (Å²) in [5, 5.41) is 1.45. The number of amides is 1. The van der Waals surface area contributed by atoms with Crippen molar-refractivity contribution >= 4 is 33.3 Å². The highest BCUT2D eigenvalue weighted by Crippen LogP contribution is 2.29. The van der Waals surface area contributed by atoms with Gasteiger partial charge in [-0.25, -0.2) is 13.2 Å². The average Bonchev–Trinajstić information content (AvgIpc) is 3.09. The first-order chi connectivity index (χ1) is 11.9. The summed E-state index contributed by atoms with van der Waals surface area (Å²) < 4.78 is 35.5. The third-order valence-electron chi connectivity index (χ3n) is 3.29. The normalized spacial score (nSPS) is 12.4. The molecule has 25 heavy (non-hydrogen) atoms. The van der Waals surface area contributed by atoms with Crippen LogP contribution in [0.5, 0.6) is 0 Å². The topological polar surface area (TPSA) is 103 Å². The maximum Gasteiger partial charge on any atom is 0.396 e. The summed E-state index contributed by atoms with van der Waals surface area (Å²) in [6.07, 6.45) is 1.33. The molecule has 9 heteroatoms. The highest BCUT2D eigenvalue weighted by molar-refractivity contribution is 7.91. The highest BCUT2D eigenvalue weighted by atomic mass is 35.5. The molecule has 2 rings (SSSR count). The molecule has 7 nitrogen and oxygen atoms in total. The summed E-state index contributed by atoms with van der Waals surface area (Å²) in [6, 6.07) is 8.64. The van der Waals surface area contributed by atoms with E-state index in [2.05, 4.69) is 10.1 Å². The molecule has 0 saturated heterocycles. The summed E-state index contributed by atoms with van der Waals surface area (Å²) >= 11 is 5.79. The van der Waals surface area contributed by atoms with Crippen molar-refractivity contribution in [1.82, 2.24) is 5.32 Å². The number of sulfone groups is 1. The van der Waals surface area contributed by atoms with Crippen LogP contribution >= 0.6 is 11.6 Å². The molecule has 1 unspecified atom stereocenters. The van der Waals surface area contributed by atoms with E-state index in [9.17, 15) is 18.0 Å². The minimum absolute atomic E-state index is 0.0173. The van der Waals surface area contributed by atoms with Crippen LogP contribution in [0.15, 0.2) is 52.0 Å². The van der Waals surface area contributed by atoms with Crippen molar-refractivity contribution in [3.63, 3.8) is 0 Å². The number of halogens is 1. The average molecular weight is 386 g/mol. The number of carbonyl (C=O) groups excluding carboxylic acids is 2. The smallest absolute Gasteiger partial charge is 0.396 e. The second-order valence-corrected chi connectivity index (χ2v) is 7.50. The SMILES string of the molecule is CCOC(=O)C(=O)NCC(c1ccco1)S(=O)(=O)c1ccc(Cl)cc1. The van der Waals surface area contributed by atoms with Crippen molar-refractivity contribution < 1.29 is 27.2 Å². The molecule has 1 aromatic carbocycles. The molecule has 2 aromatic rings. The molecule has 0 radical (unpaired) electrons. The van der Waals surface area contributed by atoms with E-state index in [4.69, 9.17) is 16.0 Å². The predicted molar refractivity (Wildman–Crippen MR) is 89.7 cm³/mol. The first-order valence-corrected chi connectivity index (χ1v) is 9.26. The van der Waals surface area contributed by atoms with Crippen LogP contribution in [0, 0.1) is 0 Å². The van der Waals surface area contributed by atoms with E-state index in [-0.39, 0.29) is 23.8 Å². The molecule has 1 atom stereocenters. The fourth-order valence-corrected chi connectivity index (χ4v) is 3.79. The minimum atomic E-state index is -3.89. The van der Waals surface area contributed by atoms with Crippen LogP contribution in [0.2, 0.25) is 5.02 Å². The molecular formula is C16H16ClNO6S. The van der Waals surface area contributed by atoms with Crippen LogP contribution in [0.1, 0.15) is 17.9 Å². The lowest BCUT2D eigenvalue weighted by Gasteiger charge is -2.16. The molecule has 0 spiro atoms. The van der Waals surface area contributed by atoms with Gasteiger partial charge in [0.05, 0.1) is 17.8 Å². The van der Waals surface area contributed by atoms with Crippen LogP contribution in [0.25, 0.3) is 0 Å². The molecule has 1 aromatic heterocycles. The molecular weight excluding hydrogens is 370 g/mol. The van der Waals surface area contributed by atoms with Gasteiger partial charge >= 0.3 is 11.9 Å². The number of hydrogen-bond donors (Lipinski definition) is 1. The number of ether oxygens (including phenoxy) is 1. The molecule has 0 saturated carbocycles. The van der Waals surface area contributed by atoms with E-state index in [1.54, 1.807) is 6.92 Å². The Morgan fingerprint density at radius 2 is 1.92 bits per heavy atom. The molecule has 134 valence electrons. The fourth-order valence-electron chi connectivity index (χ4n) is 2.08. The molecule has 1 heterocycles. The summed E-state index contributed by atoms with van der Waals surface area (Å²) in [7, 11) is -3.89. The highest BCUT2D eigenvalue weighted by Gasteiger charge is 2.32. The van der Waals surface area contributed by atoms with E-state index >= 15 is 0 Å². The van der Waals surface area contributed by atoms with E-state index in [1.165, 1.54) is 42.7 Å². The fraction of sp³-hybridized carbons (Fsp3) is 0.250. The molecule has 0 fully saturated rings. The van der Waals surface area contributed by atoms with E-state index in [1.807, 2.05) is 0 Å². The van der Waals surface area contributed by atoms with Gasteiger partial charge in [-0.15, -0.1) is 0 Å². The van der Waals surface area contributed by atoms with Gasteiger partial charge in [0.25, 0.3) is 0 Å². The summed E-state index contributed by atoms with van der Waals surface area (Å²) in [5.74, 6) is -1.96. The van der Waals surface area contributed by atoms with Gasteiger partial charge in [-0.3, -0.25) is 4.79 Å². The van der Waals surface area contributed by atoms with E-state index in [0.717, 1.165) is 0 Å². The number of nitrogens with one attached hydrogen (secondary N) is 1. The van der Waals surface area contributed by atoms with Crippen LogP contribution in [0.4, 0.5) is 0 Å². The monoisotopic (exact) mass is 385 g/mol. The third kappa shape index (κ3) is 4.61. The summed E-state index contributed by atoms with van der Waals surface area (Å²) in [6.45, 7) is 1.24. The van der Waals surface area contributed by atoms with Crippen molar-refractivity contribution in [2.45, 2.75) is 17.1 Å². The van der Waals surface area contributed by atoms with Crippen LogP contribution < -0.4 is 5.32 Å². The van der Waals surface area contributed by atoms with Crippen molar-refractivity contribution in [3.8, 4) is 0 Å². The number of carbonyl (C=O) groups is 2. The van der Waals surface area contributed by atoms with Gasteiger partial charge in [0.2, 0.25) is 0 Å². The Morgan fingerprint density at radius 1 is 1.24 bits per heavy atom. The zero-order valence-corrected chi connectivity index (χ0v) is 14.8. The Balaban J connectivity index is 2.26. The Labute approximate surface area is 149 Å². The maximum atomic E-state index is 12.9. The molecule has 0 aliphatic rings. The summed E-state index contributed by atoms with van der Waals surface area (Å²) in [4.78, 5) is 23.1. The molecule has 1 amide bonds. The Morgan fingerprint density at radius 3 is 2.48 bits per heavy atom. The minimum Gasteiger partial charge on any atom is -0.468 e. The lowest BCUT2D eigenvalue weighted by molar-refractivity contribution is -0.154. The van der Waals surface area contributed by atoms with Crippen molar-refractivity contribution in [1.29, 1.82) is 0 Å². The van der Waals surface area contributed by atoms with Crippen molar-refractivity contribution in [3.05, 3.63) is 53.4 Å². The second kappa shape index (κ2) is 8.17. The summed E-state index contributed by atoms with van der Waals surface area (Å²) in [5.41, 5.74) is 0. The van der Waals surface area contributed by atoms with Crippen LogP contribution in [-0.4, -0.2) is 33.4 Å². The molecule has 0 bridgehead atoms. The maximum absolute atomic E-state index is 12.9. The van der Waals surface area contributed by atoms with Crippen molar-refractivity contribution in [2.75, 3.05) is 13.2 Å². The standard InChI is InChI=1S/C16H16ClNO6S/c1-2-23-16(20)15(19)18-10-14(13-4-3-9-24-13)25(21,22)12-7-5-11(17)6-8-12/h3-9,14H,2,10H2,1H3,(H,18,19). The number of rotatable bonds is 6. The number of esters is 1. The van der Waals surface area contributed by atoms with E-state index in [0.29, 0.717) is 5.02 Å². The molecule has 0 aliphatic carbocycles. The van der Waals surface area contributed by atoms with Gasteiger partial charge in [0, 0.05) is 11.6 Å². The quantitative estimate of drug-likeness (QED) is 0.603. The first kappa shape index (κ1) is 19.0. The van der Waals surface area contributed by atoms with Crippen LogP contribution in [0.3, 0.4) is 0 Å². The van der Waals surface area contributed by atoms with Crippen molar-refractivity contribution in [2.24, 2.45) is 0 Å².